The number of carbonyl (C=O) groups excluding carboxylic acids is 1. The lowest BCUT2D eigenvalue weighted by molar-refractivity contribution is 0.0775. The fourth-order valence-electron chi connectivity index (χ4n) is 2.60. The number of rotatable bonds is 6. The molecule has 6 nitrogen and oxygen atoms in total. The van der Waals surface area contributed by atoms with Crippen molar-refractivity contribution >= 4 is 33.2 Å². The number of hydrogen-bond acceptors (Lipinski definition) is 4. The fourth-order valence-corrected chi connectivity index (χ4v) is 3.91. The van der Waals surface area contributed by atoms with Crippen LogP contribution in [-0.4, -0.2) is 26.3 Å². The largest absolute Gasteiger partial charge is 0.467 e. The van der Waals surface area contributed by atoms with Gasteiger partial charge in [0, 0.05) is 7.05 Å². The Morgan fingerprint density at radius 1 is 1.14 bits per heavy atom. The first-order valence-corrected chi connectivity index (χ1v) is 10.3. The van der Waals surface area contributed by atoms with Crippen LogP contribution in [0.2, 0.25) is 5.02 Å². The van der Waals surface area contributed by atoms with E-state index in [1.807, 2.05) is 6.92 Å². The molecule has 3 rings (SSSR count). The van der Waals surface area contributed by atoms with Crippen LogP contribution >= 0.6 is 11.6 Å². The molecule has 1 amide bonds. The minimum Gasteiger partial charge on any atom is -0.467 e. The van der Waals surface area contributed by atoms with Crippen molar-refractivity contribution in [3.8, 4) is 0 Å². The molecule has 0 aliphatic heterocycles. The summed E-state index contributed by atoms with van der Waals surface area (Å²) in [5, 5.41) is 0.153. The van der Waals surface area contributed by atoms with Crippen molar-refractivity contribution in [1.82, 2.24) is 4.90 Å². The summed E-state index contributed by atoms with van der Waals surface area (Å²) in [5.41, 5.74) is 1.51. The van der Waals surface area contributed by atoms with Crippen molar-refractivity contribution in [3.63, 3.8) is 0 Å². The molecule has 1 N–H and O–H groups in total. The zero-order chi connectivity index (χ0) is 20.3. The second-order valence-corrected chi connectivity index (χ2v) is 8.44. The van der Waals surface area contributed by atoms with Crippen LogP contribution < -0.4 is 4.72 Å². The third-order valence-corrected chi connectivity index (χ3v) is 5.81. The lowest BCUT2D eigenvalue weighted by Crippen LogP contribution is -2.26. The van der Waals surface area contributed by atoms with Gasteiger partial charge in [-0.1, -0.05) is 29.3 Å². The van der Waals surface area contributed by atoms with E-state index >= 15 is 0 Å². The Morgan fingerprint density at radius 2 is 1.86 bits per heavy atom. The second kappa shape index (κ2) is 8.08. The molecule has 1 heterocycles. The van der Waals surface area contributed by atoms with Gasteiger partial charge in [-0.15, -0.1) is 0 Å². The Kier molecular flexibility index (Phi) is 5.76. The van der Waals surface area contributed by atoms with Gasteiger partial charge in [0.1, 0.15) is 5.76 Å². The van der Waals surface area contributed by atoms with Gasteiger partial charge in [0.05, 0.1) is 34.0 Å². The number of nitrogens with zero attached hydrogens (tertiary/aromatic N) is 1. The molecule has 146 valence electrons. The minimum absolute atomic E-state index is 0.146. The van der Waals surface area contributed by atoms with E-state index in [2.05, 4.69) is 4.72 Å². The summed E-state index contributed by atoms with van der Waals surface area (Å²) in [6.07, 6.45) is 1.54. The molecule has 2 aromatic carbocycles. The highest BCUT2D eigenvalue weighted by atomic mass is 35.5. The van der Waals surface area contributed by atoms with Crippen LogP contribution in [-0.2, 0) is 16.6 Å². The molecule has 8 heteroatoms. The Bertz CT molecular complexity index is 1080. The topological polar surface area (TPSA) is 79.6 Å². The molecule has 0 fully saturated rings. The molecule has 0 aliphatic carbocycles. The van der Waals surface area contributed by atoms with E-state index in [1.165, 1.54) is 41.5 Å². The molecule has 0 saturated heterocycles. The van der Waals surface area contributed by atoms with Gasteiger partial charge in [-0.2, -0.15) is 0 Å². The van der Waals surface area contributed by atoms with Crippen LogP contribution in [0, 0.1) is 6.92 Å². The number of anilines is 1. The Labute approximate surface area is 168 Å². The Morgan fingerprint density at radius 3 is 2.46 bits per heavy atom. The summed E-state index contributed by atoms with van der Waals surface area (Å²) in [6.45, 7) is 2.17. The number of furan rings is 1. The van der Waals surface area contributed by atoms with Crippen molar-refractivity contribution in [1.29, 1.82) is 0 Å². The lowest BCUT2D eigenvalue weighted by atomic mass is 10.2. The molecule has 0 aliphatic rings. The second-order valence-electron chi connectivity index (χ2n) is 6.35. The number of carbonyl (C=O) groups is 1. The number of hydrogen-bond donors (Lipinski definition) is 1. The molecule has 28 heavy (non-hydrogen) atoms. The van der Waals surface area contributed by atoms with E-state index in [1.54, 1.807) is 31.3 Å². The van der Waals surface area contributed by atoms with Crippen LogP contribution in [0.3, 0.4) is 0 Å². The van der Waals surface area contributed by atoms with Gasteiger partial charge in [0.15, 0.2) is 0 Å². The van der Waals surface area contributed by atoms with E-state index in [4.69, 9.17) is 16.0 Å². The van der Waals surface area contributed by atoms with Gasteiger partial charge in [0.25, 0.3) is 15.9 Å². The maximum atomic E-state index is 12.6. The van der Waals surface area contributed by atoms with Crippen molar-refractivity contribution in [2.24, 2.45) is 0 Å². The van der Waals surface area contributed by atoms with Gasteiger partial charge in [-0.3, -0.25) is 9.52 Å². The Hall–Kier alpha value is -2.77. The van der Waals surface area contributed by atoms with Crippen LogP contribution in [0.1, 0.15) is 21.7 Å². The predicted molar refractivity (Wildman–Crippen MR) is 108 cm³/mol. The van der Waals surface area contributed by atoms with Gasteiger partial charge < -0.3 is 9.32 Å². The summed E-state index contributed by atoms with van der Waals surface area (Å²) < 4.78 is 32.7. The summed E-state index contributed by atoms with van der Waals surface area (Å²) in [7, 11) is -2.11. The minimum atomic E-state index is -3.75. The SMILES string of the molecule is Cc1ccc(S(=O)(=O)Nc2ccc(C(=O)N(C)Cc3ccco3)c(Cl)c2)cc1. The van der Waals surface area contributed by atoms with E-state index in [-0.39, 0.29) is 27.1 Å². The summed E-state index contributed by atoms with van der Waals surface area (Å²) in [6, 6.07) is 14.4. The smallest absolute Gasteiger partial charge is 0.261 e. The van der Waals surface area contributed by atoms with Crippen molar-refractivity contribution < 1.29 is 17.6 Å². The van der Waals surface area contributed by atoms with E-state index in [0.717, 1.165) is 5.56 Å². The highest BCUT2D eigenvalue weighted by Gasteiger charge is 2.19. The first-order chi connectivity index (χ1) is 13.3. The van der Waals surface area contributed by atoms with Gasteiger partial charge in [-0.05, 0) is 49.4 Å². The molecule has 0 saturated carbocycles. The standard InChI is InChI=1S/C20H19ClN2O4S/c1-14-5-8-17(9-6-14)28(25,26)22-15-7-10-18(19(21)12-15)20(24)23(2)13-16-4-3-11-27-16/h3-12,22H,13H2,1-2H3. The third kappa shape index (κ3) is 4.55. The molecule has 0 radical (unpaired) electrons. The summed E-state index contributed by atoms with van der Waals surface area (Å²) in [5.74, 6) is 0.351. The van der Waals surface area contributed by atoms with Gasteiger partial charge >= 0.3 is 0 Å². The summed E-state index contributed by atoms with van der Waals surface area (Å²) >= 11 is 6.24. The predicted octanol–water partition coefficient (Wildman–Crippen LogP) is 4.31. The van der Waals surface area contributed by atoms with E-state index < -0.39 is 10.0 Å². The Balaban J connectivity index is 1.76. The zero-order valence-corrected chi connectivity index (χ0v) is 16.9. The number of benzene rings is 2. The molecular weight excluding hydrogens is 400 g/mol. The average molecular weight is 419 g/mol. The number of sulfonamides is 1. The van der Waals surface area contributed by atoms with Crippen LogP contribution in [0.4, 0.5) is 5.69 Å². The van der Waals surface area contributed by atoms with Crippen molar-refractivity contribution in [3.05, 3.63) is 82.8 Å². The lowest BCUT2D eigenvalue weighted by Gasteiger charge is -2.17. The van der Waals surface area contributed by atoms with Gasteiger partial charge in [0.2, 0.25) is 0 Å². The first kappa shape index (κ1) is 20.0. The molecule has 0 bridgehead atoms. The fraction of sp³-hybridized carbons (Fsp3) is 0.150. The van der Waals surface area contributed by atoms with Crippen molar-refractivity contribution in [2.45, 2.75) is 18.4 Å². The van der Waals surface area contributed by atoms with Crippen LogP contribution in [0.25, 0.3) is 0 Å². The van der Waals surface area contributed by atoms with Gasteiger partial charge in [-0.25, -0.2) is 8.42 Å². The third-order valence-electron chi connectivity index (χ3n) is 4.10. The number of halogens is 1. The molecule has 3 aromatic rings. The molecule has 0 unspecified atom stereocenters. The number of nitrogens with one attached hydrogen (secondary N) is 1. The maximum Gasteiger partial charge on any atom is 0.261 e. The first-order valence-electron chi connectivity index (χ1n) is 8.43. The maximum absolute atomic E-state index is 12.6. The number of amides is 1. The molecular formula is C20H19ClN2O4S. The summed E-state index contributed by atoms with van der Waals surface area (Å²) in [4.78, 5) is 14.2. The molecule has 1 aromatic heterocycles. The van der Waals surface area contributed by atoms with Crippen LogP contribution in [0.5, 0.6) is 0 Å². The number of aryl methyl sites for hydroxylation is 1. The molecule has 0 atom stereocenters. The highest BCUT2D eigenvalue weighted by Crippen LogP contribution is 2.25. The average Bonchev–Trinajstić information content (AvgIpc) is 3.14. The van der Waals surface area contributed by atoms with Crippen molar-refractivity contribution in [2.75, 3.05) is 11.8 Å². The van der Waals surface area contributed by atoms with Crippen LogP contribution in [0.15, 0.2) is 70.2 Å². The quantitative estimate of drug-likeness (QED) is 0.646. The normalized spacial score (nSPS) is 11.2. The van der Waals surface area contributed by atoms with E-state index in [0.29, 0.717) is 12.3 Å². The monoisotopic (exact) mass is 418 g/mol. The zero-order valence-electron chi connectivity index (χ0n) is 15.3. The molecule has 0 spiro atoms. The van der Waals surface area contributed by atoms with E-state index in [9.17, 15) is 13.2 Å². The highest BCUT2D eigenvalue weighted by molar-refractivity contribution is 7.92.